The predicted octanol–water partition coefficient (Wildman–Crippen LogP) is 3.93. The molecule has 0 spiro atoms. The number of nitrogens with zero attached hydrogens (tertiary/aromatic N) is 3. The number of halogens is 1. The lowest BCUT2D eigenvalue weighted by atomic mass is 10.2. The van der Waals surface area contributed by atoms with Crippen LogP contribution in [0.15, 0.2) is 66.9 Å². The molecule has 1 heterocycles. The van der Waals surface area contributed by atoms with Crippen LogP contribution < -0.4 is 5.32 Å². The van der Waals surface area contributed by atoms with Crippen LogP contribution in [0.25, 0.3) is 0 Å². The quantitative estimate of drug-likeness (QED) is 0.716. The molecule has 5 nitrogen and oxygen atoms in total. The van der Waals surface area contributed by atoms with E-state index < -0.39 is 0 Å². The van der Waals surface area contributed by atoms with E-state index in [-0.39, 0.29) is 6.03 Å². The van der Waals surface area contributed by atoms with Gasteiger partial charge in [0.05, 0.1) is 18.8 Å². The van der Waals surface area contributed by atoms with E-state index in [0.29, 0.717) is 24.7 Å². The van der Waals surface area contributed by atoms with Gasteiger partial charge in [-0.05, 0) is 29.3 Å². The van der Waals surface area contributed by atoms with Gasteiger partial charge in [0.1, 0.15) is 0 Å². The van der Waals surface area contributed by atoms with E-state index in [1.54, 1.807) is 11.9 Å². The Morgan fingerprint density at radius 2 is 1.81 bits per heavy atom. The molecule has 2 amide bonds. The second kappa shape index (κ2) is 8.54. The van der Waals surface area contributed by atoms with Crippen molar-refractivity contribution < 1.29 is 4.79 Å². The molecule has 0 radical (unpaired) electrons. The molecule has 0 atom stereocenters. The number of benzene rings is 2. The lowest BCUT2D eigenvalue weighted by molar-refractivity contribution is 0.206. The molecule has 0 aliphatic heterocycles. The molecule has 0 saturated heterocycles. The molecule has 0 saturated carbocycles. The van der Waals surface area contributed by atoms with Crippen molar-refractivity contribution in [2.45, 2.75) is 19.6 Å². The average molecular weight is 369 g/mol. The molecule has 0 aliphatic rings. The van der Waals surface area contributed by atoms with Crippen LogP contribution in [-0.4, -0.2) is 27.8 Å². The number of rotatable bonds is 6. The maximum absolute atomic E-state index is 12.2. The third kappa shape index (κ3) is 5.10. The fourth-order valence-corrected chi connectivity index (χ4v) is 2.72. The third-order valence-electron chi connectivity index (χ3n) is 3.98. The highest BCUT2D eigenvalue weighted by atomic mass is 35.5. The fraction of sp³-hybridized carbons (Fsp3) is 0.200. The summed E-state index contributed by atoms with van der Waals surface area (Å²) in [5, 5.41) is 8.08. The first-order valence-corrected chi connectivity index (χ1v) is 8.77. The van der Waals surface area contributed by atoms with Gasteiger partial charge in [-0.25, -0.2) is 4.79 Å². The highest BCUT2D eigenvalue weighted by Crippen LogP contribution is 2.11. The van der Waals surface area contributed by atoms with Crippen LogP contribution >= 0.6 is 11.6 Å². The first kappa shape index (κ1) is 18.0. The number of carbonyl (C=O) groups is 1. The summed E-state index contributed by atoms with van der Waals surface area (Å²) < 4.78 is 1.87. The zero-order valence-electron chi connectivity index (χ0n) is 14.6. The number of urea groups is 1. The summed E-state index contributed by atoms with van der Waals surface area (Å²) in [6.07, 6.45) is 1.92. The molecule has 3 aromatic rings. The van der Waals surface area contributed by atoms with Crippen LogP contribution in [0.2, 0.25) is 5.02 Å². The van der Waals surface area contributed by atoms with Crippen molar-refractivity contribution in [1.29, 1.82) is 0 Å². The van der Waals surface area contributed by atoms with Crippen LogP contribution in [0.3, 0.4) is 0 Å². The highest BCUT2D eigenvalue weighted by molar-refractivity contribution is 6.30. The smallest absolute Gasteiger partial charge is 0.317 e. The minimum absolute atomic E-state index is 0.141. The number of hydrogen-bond donors (Lipinski definition) is 1. The SMILES string of the molecule is CN(Cc1ccc(Cl)cc1)C(=O)NCc1ccn(Cc2ccccc2)n1. The largest absolute Gasteiger partial charge is 0.332 e. The summed E-state index contributed by atoms with van der Waals surface area (Å²) in [7, 11) is 1.76. The van der Waals surface area contributed by atoms with Gasteiger partial charge < -0.3 is 10.2 Å². The normalized spacial score (nSPS) is 10.5. The van der Waals surface area contributed by atoms with Crippen LogP contribution in [0.4, 0.5) is 4.79 Å². The van der Waals surface area contributed by atoms with Crippen molar-refractivity contribution in [2.75, 3.05) is 7.05 Å². The summed E-state index contributed by atoms with van der Waals surface area (Å²) >= 11 is 5.88. The number of aromatic nitrogens is 2. The first-order chi connectivity index (χ1) is 12.6. The summed E-state index contributed by atoms with van der Waals surface area (Å²) in [6, 6.07) is 19.4. The lowest BCUT2D eigenvalue weighted by Crippen LogP contribution is -2.36. The second-order valence-corrected chi connectivity index (χ2v) is 6.57. The molecule has 0 unspecified atom stereocenters. The highest BCUT2D eigenvalue weighted by Gasteiger charge is 2.09. The van der Waals surface area contributed by atoms with Gasteiger partial charge in [0.25, 0.3) is 0 Å². The van der Waals surface area contributed by atoms with Gasteiger partial charge in [-0.1, -0.05) is 54.1 Å². The van der Waals surface area contributed by atoms with E-state index in [4.69, 9.17) is 11.6 Å². The van der Waals surface area contributed by atoms with Gasteiger partial charge in [-0.2, -0.15) is 5.10 Å². The number of amides is 2. The minimum atomic E-state index is -0.141. The Hall–Kier alpha value is -2.79. The van der Waals surface area contributed by atoms with Gasteiger partial charge in [0.2, 0.25) is 0 Å². The molecule has 1 N–H and O–H groups in total. The van der Waals surface area contributed by atoms with Crippen molar-refractivity contribution in [3.63, 3.8) is 0 Å². The van der Waals surface area contributed by atoms with E-state index in [9.17, 15) is 4.79 Å². The van der Waals surface area contributed by atoms with Gasteiger partial charge in [-0.15, -0.1) is 0 Å². The summed E-state index contributed by atoms with van der Waals surface area (Å²) in [5.41, 5.74) is 3.04. The van der Waals surface area contributed by atoms with E-state index in [1.165, 1.54) is 5.56 Å². The Bertz CT molecular complexity index is 846. The monoisotopic (exact) mass is 368 g/mol. The van der Waals surface area contributed by atoms with Crippen molar-refractivity contribution in [2.24, 2.45) is 0 Å². The Balaban J connectivity index is 1.49. The molecule has 26 heavy (non-hydrogen) atoms. The van der Waals surface area contributed by atoms with Crippen molar-refractivity contribution >= 4 is 17.6 Å². The predicted molar refractivity (Wildman–Crippen MR) is 103 cm³/mol. The molecule has 3 rings (SSSR count). The van der Waals surface area contributed by atoms with E-state index in [0.717, 1.165) is 11.3 Å². The standard InChI is InChI=1S/C20H21ClN4O/c1-24(14-17-7-9-18(21)10-8-17)20(26)22-13-19-11-12-25(23-19)15-16-5-3-2-4-6-16/h2-12H,13-15H2,1H3,(H,22,26). The Labute approximate surface area is 158 Å². The van der Waals surface area contributed by atoms with Gasteiger partial charge in [0, 0.05) is 24.8 Å². The maximum Gasteiger partial charge on any atom is 0.317 e. The summed E-state index contributed by atoms with van der Waals surface area (Å²) in [6.45, 7) is 1.63. The molecule has 0 bridgehead atoms. The lowest BCUT2D eigenvalue weighted by Gasteiger charge is -2.17. The molecular formula is C20H21ClN4O. The van der Waals surface area contributed by atoms with Crippen LogP contribution in [0.5, 0.6) is 0 Å². The van der Waals surface area contributed by atoms with Gasteiger partial charge >= 0.3 is 6.03 Å². The number of hydrogen-bond acceptors (Lipinski definition) is 2. The van der Waals surface area contributed by atoms with Crippen LogP contribution in [0.1, 0.15) is 16.8 Å². The topological polar surface area (TPSA) is 50.2 Å². The minimum Gasteiger partial charge on any atom is -0.332 e. The molecule has 1 aromatic heterocycles. The summed E-state index contributed by atoms with van der Waals surface area (Å²) in [4.78, 5) is 13.9. The zero-order valence-corrected chi connectivity index (χ0v) is 15.4. The maximum atomic E-state index is 12.2. The summed E-state index contributed by atoms with van der Waals surface area (Å²) in [5.74, 6) is 0. The average Bonchev–Trinajstić information content (AvgIpc) is 3.09. The van der Waals surface area contributed by atoms with E-state index in [1.807, 2.05) is 59.4 Å². The second-order valence-electron chi connectivity index (χ2n) is 6.13. The fourth-order valence-electron chi connectivity index (χ4n) is 2.59. The number of carbonyl (C=O) groups excluding carboxylic acids is 1. The van der Waals surface area contributed by atoms with Crippen LogP contribution in [0, 0.1) is 0 Å². The molecule has 0 aliphatic carbocycles. The van der Waals surface area contributed by atoms with Crippen molar-refractivity contribution in [1.82, 2.24) is 20.0 Å². The molecule has 2 aromatic carbocycles. The Morgan fingerprint density at radius 3 is 2.54 bits per heavy atom. The molecule has 6 heteroatoms. The number of nitrogens with one attached hydrogen (secondary N) is 1. The molecular weight excluding hydrogens is 348 g/mol. The Morgan fingerprint density at radius 1 is 1.08 bits per heavy atom. The van der Waals surface area contributed by atoms with Gasteiger partial charge in [0.15, 0.2) is 0 Å². The van der Waals surface area contributed by atoms with Crippen molar-refractivity contribution in [3.05, 3.63) is 88.7 Å². The zero-order chi connectivity index (χ0) is 18.4. The Kier molecular flexibility index (Phi) is 5.92. The van der Waals surface area contributed by atoms with E-state index >= 15 is 0 Å². The molecule has 0 fully saturated rings. The molecule has 134 valence electrons. The van der Waals surface area contributed by atoms with Crippen molar-refractivity contribution in [3.8, 4) is 0 Å². The first-order valence-electron chi connectivity index (χ1n) is 8.40. The van der Waals surface area contributed by atoms with E-state index in [2.05, 4.69) is 22.5 Å². The third-order valence-corrected chi connectivity index (χ3v) is 4.24. The van der Waals surface area contributed by atoms with Gasteiger partial charge in [-0.3, -0.25) is 4.68 Å². The van der Waals surface area contributed by atoms with Crippen LogP contribution in [-0.2, 0) is 19.6 Å².